The van der Waals surface area contributed by atoms with E-state index in [-0.39, 0.29) is 13.1 Å². The normalized spacial score (nSPS) is 16.3. The van der Waals surface area contributed by atoms with Crippen molar-refractivity contribution in [1.82, 2.24) is 15.1 Å². The number of rotatable bonds is 7. The fourth-order valence-corrected chi connectivity index (χ4v) is 3.70. The first kappa shape index (κ1) is 22.1. The van der Waals surface area contributed by atoms with Gasteiger partial charge in [0.1, 0.15) is 5.75 Å². The predicted octanol–water partition coefficient (Wildman–Crippen LogP) is 3.80. The third kappa shape index (κ3) is 4.77. The Labute approximate surface area is 173 Å². The van der Waals surface area contributed by atoms with Crippen LogP contribution in [0.3, 0.4) is 0 Å². The highest BCUT2D eigenvalue weighted by Crippen LogP contribution is 2.36. The van der Waals surface area contributed by atoms with E-state index in [2.05, 4.69) is 10.4 Å². The van der Waals surface area contributed by atoms with Gasteiger partial charge in [0.05, 0.1) is 12.2 Å². The molecule has 0 aliphatic carbocycles. The van der Waals surface area contributed by atoms with E-state index in [1.807, 2.05) is 31.2 Å². The maximum atomic E-state index is 13.3. The smallest absolute Gasteiger partial charge is 0.435 e. The van der Waals surface area contributed by atoms with Crippen LogP contribution in [0.4, 0.5) is 13.2 Å². The summed E-state index contributed by atoms with van der Waals surface area (Å²) in [5, 5.41) is 6.23. The monoisotopic (exact) mass is 425 g/mol. The first-order chi connectivity index (χ1) is 14.3. The first-order valence-corrected chi connectivity index (χ1v) is 10.0. The SMILES string of the molecule is CCOc1ccc(C2(CNC(=O)c3cn(CC)nc3C(F)(F)F)CCOCC2)cc1. The summed E-state index contributed by atoms with van der Waals surface area (Å²) >= 11 is 0. The molecule has 1 saturated heterocycles. The summed E-state index contributed by atoms with van der Waals surface area (Å²) in [6, 6.07) is 7.62. The number of aromatic nitrogens is 2. The number of carbonyl (C=O) groups is 1. The molecule has 0 saturated carbocycles. The van der Waals surface area contributed by atoms with Crippen LogP contribution in [0.2, 0.25) is 0 Å². The molecule has 6 nitrogen and oxygen atoms in total. The molecule has 1 aromatic carbocycles. The maximum absolute atomic E-state index is 13.3. The van der Waals surface area contributed by atoms with E-state index in [4.69, 9.17) is 9.47 Å². The molecule has 30 heavy (non-hydrogen) atoms. The standard InChI is InChI=1S/C21H26F3N3O3/c1-3-27-13-17(18(26-27)21(22,23)24)19(28)25-14-20(9-11-29-12-10-20)15-5-7-16(8-6-15)30-4-2/h5-8,13H,3-4,9-12,14H2,1-2H3,(H,25,28). The highest BCUT2D eigenvalue weighted by molar-refractivity contribution is 5.95. The lowest BCUT2D eigenvalue weighted by atomic mass is 9.74. The minimum absolute atomic E-state index is 0.206. The zero-order valence-electron chi connectivity index (χ0n) is 17.1. The Kier molecular flexibility index (Phi) is 6.70. The largest absolute Gasteiger partial charge is 0.494 e. The highest BCUT2D eigenvalue weighted by Gasteiger charge is 2.40. The second-order valence-electron chi connectivity index (χ2n) is 7.28. The van der Waals surface area contributed by atoms with E-state index in [9.17, 15) is 18.0 Å². The summed E-state index contributed by atoms with van der Waals surface area (Å²) in [4.78, 5) is 12.7. The average Bonchev–Trinajstić information content (AvgIpc) is 3.19. The summed E-state index contributed by atoms with van der Waals surface area (Å²) in [6.07, 6.45) is -2.24. The van der Waals surface area contributed by atoms with Gasteiger partial charge in [-0.3, -0.25) is 9.48 Å². The van der Waals surface area contributed by atoms with Gasteiger partial charge in [-0.1, -0.05) is 12.1 Å². The molecule has 9 heteroatoms. The minimum Gasteiger partial charge on any atom is -0.494 e. The van der Waals surface area contributed by atoms with Crippen molar-refractivity contribution in [3.8, 4) is 5.75 Å². The minimum atomic E-state index is -4.70. The lowest BCUT2D eigenvalue weighted by Crippen LogP contribution is -2.44. The Balaban J connectivity index is 1.81. The van der Waals surface area contributed by atoms with Crippen LogP contribution < -0.4 is 10.1 Å². The number of hydrogen-bond donors (Lipinski definition) is 1. The Morgan fingerprint density at radius 2 is 1.90 bits per heavy atom. The fraction of sp³-hybridized carbons (Fsp3) is 0.524. The van der Waals surface area contributed by atoms with E-state index in [1.54, 1.807) is 6.92 Å². The van der Waals surface area contributed by atoms with Crippen molar-refractivity contribution in [2.24, 2.45) is 0 Å². The zero-order valence-corrected chi connectivity index (χ0v) is 17.1. The summed E-state index contributed by atoms with van der Waals surface area (Å²) in [5.41, 5.74) is -1.05. The molecule has 0 atom stereocenters. The molecule has 0 spiro atoms. The van der Waals surface area contributed by atoms with E-state index < -0.39 is 28.8 Å². The highest BCUT2D eigenvalue weighted by atomic mass is 19.4. The number of alkyl halides is 3. The van der Waals surface area contributed by atoms with Crippen molar-refractivity contribution in [2.45, 2.75) is 44.8 Å². The number of carbonyl (C=O) groups excluding carboxylic acids is 1. The van der Waals surface area contributed by atoms with Crippen LogP contribution in [-0.2, 0) is 22.9 Å². The number of nitrogens with zero attached hydrogens (tertiary/aromatic N) is 2. The molecule has 164 valence electrons. The number of hydrogen-bond acceptors (Lipinski definition) is 4. The first-order valence-electron chi connectivity index (χ1n) is 10.0. The molecule has 1 fully saturated rings. The third-order valence-corrected chi connectivity index (χ3v) is 5.41. The average molecular weight is 425 g/mol. The van der Waals surface area contributed by atoms with Crippen molar-refractivity contribution in [3.05, 3.63) is 47.3 Å². The Bertz CT molecular complexity index is 857. The molecule has 1 aromatic heterocycles. The quantitative estimate of drug-likeness (QED) is 0.733. The van der Waals surface area contributed by atoms with Crippen LogP contribution in [0.1, 0.15) is 48.3 Å². The van der Waals surface area contributed by atoms with Crippen LogP contribution in [0, 0.1) is 0 Å². The summed E-state index contributed by atoms with van der Waals surface area (Å²) in [5.74, 6) is -0.0341. The second-order valence-corrected chi connectivity index (χ2v) is 7.28. The van der Waals surface area contributed by atoms with Crippen LogP contribution in [-0.4, -0.2) is 42.1 Å². The molecule has 0 bridgehead atoms. The van der Waals surface area contributed by atoms with E-state index >= 15 is 0 Å². The van der Waals surface area contributed by atoms with Crippen LogP contribution in [0.5, 0.6) is 5.75 Å². The van der Waals surface area contributed by atoms with Crippen molar-refractivity contribution >= 4 is 5.91 Å². The lowest BCUT2D eigenvalue weighted by Gasteiger charge is -2.38. The van der Waals surface area contributed by atoms with Gasteiger partial charge < -0.3 is 14.8 Å². The van der Waals surface area contributed by atoms with Crippen LogP contribution in [0.15, 0.2) is 30.5 Å². The maximum Gasteiger partial charge on any atom is 0.435 e. The van der Waals surface area contributed by atoms with E-state index in [1.165, 1.54) is 0 Å². The number of amides is 1. The van der Waals surface area contributed by atoms with Gasteiger partial charge in [-0.2, -0.15) is 18.3 Å². The lowest BCUT2D eigenvalue weighted by molar-refractivity contribution is -0.141. The molecular weight excluding hydrogens is 399 g/mol. The van der Waals surface area contributed by atoms with Gasteiger partial charge in [-0.25, -0.2) is 0 Å². The number of benzene rings is 1. The number of aryl methyl sites for hydroxylation is 1. The molecule has 3 rings (SSSR count). The van der Waals surface area contributed by atoms with E-state index in [0.29, 0.717) is 32.7 Å². The molecule has 0 unspecified atom stereocenters. The van der Waals surface area contributed by atoms with Gasteiger partial charge >= 0.3 is 6.18 Å². The van der Waals surface area contributed by atoms with Gasteiger partial charge in [0.25, 0.3) is 5.91 Å². The molecule has 1 aliphatic heterocycles. The molecule has 1 amide bonds. The molecule has 1 aliphatic rings. The molecule has 2 aromatic rings. The Morgan fingerprint density at radius 3 is 2.47 bits per heavy atom. The molecule has 2 heterocycles. The molecule has 0 radical (unpaired) electrons. The van der Waals surface area contributed by atoms with Crippen molar-refractivity contribution < 1.29 is 27.4 Å². The number of ether oxygens (including phenoxy) is 2. The second kappa shape index (κ2) is 9.07. The van der Waals surface area contributed by atoms with Gasteiger partial charge in [0, 0.05) is 37.9 Å². The van der Waals surface area contributed by atoms with Crippen molar-refractivity contribution in [2.75, 3.05) is 26.4 Å². The Hall–Kier alpha value is -2.55. The number of nitrogens with one attached hydrogen (secondary N) is 1. The van der Waals surface area contributed by atoms with Crippen LogP contribution >= 0.6 is 0 Å². The molecule has 1 N–H and O–H groups in total. The van der Waals surface area contributed by atoms with Gasteiger partial charge in [-0.15, -0.1) is 0 Å². The predicted molar refractivity (Wildman–Crippen MR) is 105 cm³/mol. The zero-order chi connectivity index (χ0) is 21.8. The number of halogens is 3. The van der Waals surface area contributed by atoms with E-state index in [0.717, 1.165) is 22.2 Å². The van der Waals surface area contributed by atoms with Gasteiger partial charge in [0.15, 0.2) is 5.69 Å². The van der Waals surface area contributed by atoms with Gasteiger partial charge in [0.2, 0.25) is 0 Å². The summed E-state index contributed by atoms with van der Waals surface area (Å²) in [6.45, 7) is 5.61. The third-order valence-electron chi connectivity index (χ3n) is 5.41. The van der Waals surface area contributed by atoms with Crippen LogP contribution in [0.25, 0.3) is 0 Å². The van der Waals surface area contributed by atoms with Gasteiger partial charge in [-0.05, 0) is 44.4 Å². The topological polar surface area (TPSA) is 65.4 Å². The molecular formula is C21H26F3N3O3. The summed E-state index contributed by atoms with van der Waals surface area (Å²) < 4.78 is 52.0. The Morgan fingerprint density at radius 1 is 1.23 bits per heavy atom. The fourth-order valence-electron chi connectivity index (χ4n) is 3.70. The van der Waals surface area contributed by atoms with Crippen molar-refractivity contribution in [3.63, 3.8) is 0 Å². The summed E-state index contributed by atoms with van der Waals surface area (Å²) in [7, 11) is 0. The van der Waals surface area contributed by atoms with Crippen molar-refractivity contribution in [1.29, 1.82) is 0 Å².